The zero-order chi connectivity index (χ0) is 8.81. The Morgan fingerprint density at radius 2 is 2.42 bits per heavy atom. The molecule has 0 saturated carbocycles. The zero-order valence-electron chi connectivity index (χ0n) is 6.99. The molecule has 1 aliphatic rings. The third kappa shape index (κ3) is 3.50. The summed E-state index contributed by atoms with van der Waals surface area (Å²) in [6.07, 6.45) is 3.31. The molecule has 68 valence electrons. The molecule has 1 rings (SSSR count). The van der Waals surface area contributed by atoms with Crippen molar-refractivity contribution in [1.82, 2.24) is 0 Å². The average Bonchev–Trinajstić information content (AvgIpc) is 1.93. The largest absolute Gasteiger partial charge is 0.456 e. The summed E-state index contributed by atoms with van der Waals surface area (Å²) >= 11 is 0. The third-order valence-corrected chi connectivity index (χ3v) is 1.33. The van der Waals surface area contributed by atoms with E-state index in [0.717, 1.165) is 0 Å². The summed E-state index contributed by atoms with van der Waals surface area (Å²) < 4.78 is 14.9. The normalized spacial score (nSPS) is 26.9. The molecule has 0 fully saturated rings. The van der Waals surface area contributed by atoms with Crippen molar-refractivity contribution in [2.75, 3.05) is 20.0 Å². The predicted octanol–water partition coefficient (Wildman–Crippen LogP) is 0.479. The van der Waals surface area contributed by atoms with E-state index in [0.29, 0.717) is 13.2 Å². The highest BCUT2D eigenvalue weighted by Gasteiger charge is 2.09. The van der Waals surface area contributed by atoms with Gasteiger partial charge in [0.25, 0.3) is 0 Å². The van der Waals surface area contributed by atoms with Crippen LogP contribution in [0.25, 0.3) is 0 Å². The van der Waals surface area contributed by atoms with E-state index in [9.17, 15) is 4.79 Å². The lowest BCUT2D eigenvalue weighted by Crippen LogP contribution is -2.22. The zero-order valence-corrected chi connectivity index (χ0v) is 6.99. The van der Waals surface area contributed by atoms with Gasteiger partial charge in [-0.05, 0) is 6.08 Å². The second kappa shape index (κ2) is 4.90. The van der Waals surface area contributed by atoms with Gasteiger partial charge < -0.3 is 14.2 Å². The van der Waals surface area contributed by atoms with E-state index < -0.39 is 0 Å². The fourth-order valence-corrected chi connectivity index (χ4v) is 0.889. The molecule has 0 saturated heterocycles. The van der Waals surface area contributed by atoms with Crippen LogP contribution in [-0.2, 0) is 19.0 Å². The minimum Gasteiger partial charge on any atom is -0.456 e. The van der Waals surface area contributed by atoms with Gasteiger partial charge in [0.2, 0.25) is 0 Å². The van der Waals surface area contributed by atoms with Gasteiger partial charge in [-0.3, -0.25) is 4.79 Å². The highest BCUT2D eigenvalue weighted by molar-refractivity contribution is 5.66. The molecule has 12 heavy (non-hydrogen) atoms. The molecule has 0 radical (unpaired) electrons. The molecule has 0 N–H and O–H groups in total. The van der Waals surface area contributed by atoms with Crippen LogP contribution in [0.15, 0.2) is 12.2 Å². The average molecular weight is 172 g/mol. The van der Waals surface area contributed by atoms with Crippen molar-refractivity contribution in [3.05, 3.63) is 12.2 Å². The highest BCUT2D eigenvalue weighted by Crippen LogP contribution is 1.99. The molecule has 0 aromatic rings. The first-order valence-electron chi connectivity index (χ1n) is 3.78. The quantitative estimate of drug-likeness (QED) is 0.426. The highest BCUT2D eigenvalue weighted by atomic mass is 16.7. The smallest absolute Gasteiger partial charge is 0.303 e. The molecule has 1 atom stereocenters. The van der Waals surface area contributed by atoms with Crippen LogP contribution >= 0.6 is 0 Å². The molecule has 0 aromatic carbocycles. The minimum absolute atomic E-state index is 0.252. The van der Waals surface area contributed by atoms with E-state index in [2.05, 4.69) is 0 Å². The summed E-state index contributed by atoms with van der Waals surface area (Å²) in [5, 5.41) is 0. The van der Waals surface area contributed by atoms with E-state index in [4.69, 9.17) is 14.2 Å². The molecule has 0 aromatic heterocycles. The molecule has 4 nitrogen and oxygen atoms in total. The summed E-state index contributed by atoms with van der Waals surface area (Å²) in [6.45, 7) is 2.49. The van der Waals surface area contributed by atoms with Crippen molar-refractivity contribution in [2.24, 2.45) is 0 Å². The predicted molar refractivity (Wildman–Crippen MR) is 41.5 cm³/mol. The van der Waals surface area contributed by atoms with E-state index in [1.54, 1.807) is 6.08 Å². The Balaban J connectivity index is 2.38. The number of rotatable bonds is 1. The molecule has 4 heteroatoms. The van der Waals surface area contributed by atoms with Gasteiger partial charge in [0.1, 0.15) is 12.9 Å². The summed E-state index contributed by atoms with van der Waals surface area (Å²) in [7, 11) is 0. The topological polar surface area (TPSA) is 44.8 Å². The third-order valence-electron chi connectivity index (χ3n) is 1.33. The number of esters is 1. The summed E-state index contributed by atoms with van der Waals surface area (Å²) in [4.78, 5) is 10.6. The number of ether oxygens (including phenoxy) is 3. The van der Waals surface area contributed by atoms with Crippen molar-refractivity contribution in [3.8, 4) is 0 Å². The lowest BCUT2D eigenvalue weighted by molar-refractivity contribution is -0.149. The Labute approximate surface area is 71.1 Å². The van der Waals surface area contributed by atoms with E-state index in [-0.39, 0.29) is 18.9 Å². The minimum atomic E-state index is -0.297. The van der Waals surface area contributed by atoms with Crippen LogP contribution in [0.4, 0.5) is 0 Å². The number of hydrogen-bond donors (Lipinski definition) is 0. The van der Waals surface area contributed by atoms with Crippen molar-refractivity contribution >= 4 is 5.97 Å². The fourth-order valence-electron chi connectivity index (χ4n) is 0.889. The molecule has 0 spiro atoms. The van der Waals surface area contributed by atoms with Gasteiger partial charge in [-0.15, -0.1) is 0 Å². The Bertz CT molecular complexity index is 176. The first-order chi connectivity index (χ1) is 5.79. The van der Waals surface area contributed by atoms with Crippen LogP contribution in [0.1, 0.15) is 6.92 Å². The Morgan fingerprint density at radius 3 is 3.17 bits per heavy atom. The molecule has 0 bridgehead atoms. The van der Waals surface area contributed by atoms with E-state index in [1.807, 2.05) is 6.08 Å². The monoisotopic (exact) mass is 172 g/mol. The van der Waals surface area contributed by atoms with E-state index >= 15 is 0 Å². The van der Waals surface area contributed by atoms with Crippen LogP contribution in [0, 0.1) is 0 Å². The van der Waals surface area contributed by atoms with Gasteiger partial charge in [-0.25, -0.2) is 0 Å². The Hall–Kier alpha value is -0.870. The number of carbonyl (C=O) groups is 1. The number of carbonyl (C=O) groups excluding carboxylic acids is 1. The maximum absolute atomic E-state index is 10.6. The lowest BCUT2D eigenvalue weighted by Gasteiger charge is -2.15. The molecule has 1 aliphatic heterocycles. The van der Waals surface area contributed by atoms with Gasteiger partial charge in [0, 0.05) is 6.92 Å². The number of hydrogen-bond acceptors (Lipinski definition) is 4. The molecule has 0 amide bonds. The fraction of sp³-hybridized carbons (Fsp3) is 0.625. The maximum atomic E-state index is 10.6. The van der Waals surface area contributed by atoms with Gasteiger partial charge in [-0.1, -0.05) is 6.08 Å². The van der Waals surface area contributed by atoms with Crippen molar-refractivity contribution < 1.29 is 19.0 Å². The van der Waals surface area contributed by atoms with Crippen molar-refractivity contribution in [1.29, 1.82) is 0 Å². The Kier molecular flexibility index (Phi) is 3.76. The van der Waals surface area contributed by atoms with Gasteiger partial charge >= 0.3 is 5.97 Å². The van der Waals surface area contributed by atoms with Crippen LogP contribution in [0.3, 0.4) is 0 Å². The first-order valence-corrected chi connectivity index (χ1v) is 3.78. The SMILES string of the molecule is CC(=O)OC1/C=C/COCOC1. The maximum Gasteiger partial charge on any atom is 0.303 e. The van der Waals surface area contributed by atoms with Crippen LogP contribution in [0.2, 0.25) is 0 Å². The lowest BCUT2D eigenvalue weighted by atomic mass is 10.3. The molecule has 0 aliphatic carbocycles. The molecule has 1 unspecified atom stereocenters. The summed E-state index contributed by atoms with van der Waals surface area (Å²) in [6, 6.07) is 0. The van der Waals surface area contributed by atoms with Crippen LogP contribution < -0.4 is 0 Å². The summed E-state index contributed by atoms with van der Waals surface area (Å²) in [5.74, 6) is -0.297. The standard InChI is InChI=1S/C8H12O4/c1-7(9)12-8-3-2-4-10-6-11-5-8/h2-3,8H,4-6H2,1H3/b3-2+. The van der Waals surface area contributed by atoms with Crippen molar-refractivity contribution in [3.63, 3.8) is 0 Å². The van der Waals surface area contributed by atoms with Gasteiger partial charge in [-0.2, -0.15) is 0 Å². The van der Waals surface area contributed by atoms with Crippen molar-refractivity contribution in [2.45, 2.75) is 13.0 Å². The second-order valence-corrected chi connectivity index (χ2v) is 2.44. The first kappa shape index (κ1) is 9.22. The van der Waals surface area contributed by atoms with Crippen LogP contribution in [-0.4, -0.2) is 32.1 Å². The summed E-state index contributed by atoms with van der Waals surface area (Å²) in [5.41, 5.74) is 0. The molecule has 1 heterocycles. The Morgan fingerprint density at radius 1 is 1.58 bits per heavy atom. The van der Waals surface area contributed by atoms with Gasteiger partial charge in [0.05, 0.1) is 13.2 Å². The van der Waals surface area contributed by atoms with E-state index in [1.165, 1.54) is 6.92 Å². The molecular weight excluding hydrogens is 160 g/mol. The van der Waals surface area contributed by atoms with Gasteiger partial charge in [0.15, 0.2) is 0 Å². The molecular formula is C8H12O4. The van der Waals surface area contributed by atoms with Crippen LogP contribution in [0.5, 0.6) is 0 Å². The second-order valence-electron chi connectivity index (χ2n) is 2.44.